The van der Waals surface area contributed by atoms with Crippen LogP contribution in [0.3, 0.4) is 0 Å². The Labute approximate surface area is 169 Å². The van der Waals surface area contributed by atoms with Gasteiger partial charge in [-0.3, -0.25) is 9.89 Å². The minimum Gasteiger partial charge on any atom is -0.381 e. The third kappa shape index (κ3) is 7.19. The van der Waals surface area contributed by atoms with Gasteiger partial charge in [0.15, 0.2) is 5.96 Å². The third-order valence-corrected chi connectivity index (χ3v) is 5.12. The van der Waals surface area contributed by atoms with Gasteiger partial charge in [0, 0.05) is 58.5 Å². The maximum atomic E-state index is 5.70. The zero-order chi connectivity index (χ0) is 16.6. The summed E-state index contributed by atoms with van der Waals surface area (Å²) in [6, 6.07) is 0.652. The average molecular weight is 466 g/mol. The van der Waals surface area contributed by atoms with Crippen LogP contribution in [0.2, 0.25) is 0 Å². The number of rotatable bonds is 8. The van der Waals surface area contributed by atoms with E-state index in [2.05, 4.69) is 22.0 Å². The number of aliphatic imine (C=N–C) groups is 1. The molecule has 6 nitrogen and oxygen atoms in total. The number of hydrogen-bond donors (Lipinski definition) is 1. The molecular formula is C18H35IN4O2. The summed E-state index contributed by atoms with van der Waals surface area (Å²) in [6.45, 7) is 11.8. The molecule has 146 valence electrons. The lowest BCUT2D eigenvalue weighted by atomic mass is 10.2. The second-order valence-electron chi connectivity index (χ2n) is 7.14. The zero-order valence-corrected chi connectivity index (χ0v) is 18.0. The molecule has 1 aliphatic carbocycles. The van der Waals surface area contributed by atoms with Crippen molar-refractivity contribution >= 4 is 29.9 Å². The van der Waals surface area contributed by atoms with E-state index in [1.807, 2.05) is 0 Å². The standard InChI is InChI=1S/C18H34N4O2.HI/c1-2-19-18(20-7-3-11-24-15-16-4-5-16)22-8-6-17(14-22)21-9-12-23-13-10-21;/h16-17H,2-15H2,1H3,(H,19,20);1H. The van der Waals surface area contributed by atoms with Gasteiger partial charge in [0.05, 0.1) is 13.2 Å². The Morgan fingerprint density at radius 2 is 2.00 bits per heavy atom. The molecule has 0 aromatic rings. The number of likely N-dealkylation sites (tertiary alicyclic amines) is 1. The van der Waals surface area contributed by atoms with Crippen molar-refractivity contribution in [2.24, 2.45) is 10.9 Å². The van der Waals surface area contributed by atoms with Crippen molar-refractivity contribution in [1.29, 1.82) is 0 Å². The fraction of sp³-hybridized carbons (Fsp3) is 0.944. The molecule has 0 radical (unpaired) electrons. The minimum absolute atomic E-state index is 0. The van der Waals surface area contributed by atoms with E-state index >= 15 is 0 Å². The molecule has 3 rings (SSSR count). The SMILES string of the molecule is CCNC(=NCCCOCC1CC1)N1CCC(N2CCOCC2)C1.I. The molecule has 7 heteroatoms. The first-order valence-corrected chi connectivity index (χ1v) is 9.79. The summed E-state index contributed by atoms with van der Waals surface area (Å²) >= 11 is 0. The number of guanidine groups is 1. The van der Waals surface area contributed by atoms with Gasteiger partial charge in [-0.05, 0) is 38.5 Å². The molecule has 3 fully saturated rings. The van der Waals surface area contributed by atoms with E-state index in [4.69, 9.17) is 14.5 Å². The maximum Gasteiger partial charge on any atom is 0.193 e. The summed E-state index contributed by atoms with van der Waals surface area (Å²) in [6.07, 6.45) is 4.97. The molecule has 0 spiro atoms. The second-order valence-corrected chi connectivity index (χ2v) is 7.14. The number of hydrogen-bond acceptors (Lipinski definition) is 4. The lowest BCUT2D eigenvalue weighted by Crippen LogP contribution is -2.46. The molecule has 0 aromatic carbocycles. The molecule has 0 aromatic heterocycles. The van der Waals surface area contributed by atoms with Crippen molar-refractivity contribution in [3.8, 4) is 0 Å². The summed E-state index contributed by atoms with van der Waals surface area (Å²) in [5.41, 5.74) is 0. The number of morpholine rings is 1. The quantitative estimate of drug-likeness (QED) is 0.256. The first kappa shape index (κ1) is 21.2. The monoisotopic (exact) mass is 466 g/mol. The normalized spacial score (nSPS) is 25.1. The molecule has 1 atom stereocenters. The lowest BCUT2D eigenvalue weighted by molar-refractivity contribution is 0.0195. The van der Waals surface area contributed by atoms with Crippen molar-refractivity contribution < 1.29 is 9.47 Å². The fourth-order valence-corrected chi connectivity index (χ4v) is 3.49. The van der Waals surface area contributed by atoms with Gasteiger partial charge < -0.3 is 19.7 Å². The first-order valence-electron chi connectivity index (χ1n) is 9.79. The van der Waals surface area contributed by atoms with Crippen LogP contribution in [0.1, 0.15) is 32.6 Å². The van der Waals surface area contributed by atoms with Gasteiger partial charge >= 0.3 is 0 Å². The second kappa shape index (κ2) is 11.6. The average Bonchev–Trinajstić information content (AvgIpc) is 3.31. The summed E-state index contributed by atoms with van der Waals surface area (Å²) < 4.78 is 11.2. The summed E-state index contributed by atoms with van der Waals surface area (Å²) in [5, 5.41) is 3.46. The molecule has 0 bridgehead atoms. The Balaban J connectivity index is 0.00000225. The van der Waals surface area contributed by atoms with Crippen LogP contribution in [0.5, 0.6) is 0 Å². The third-order valence-electron chi connectivity index (χ3n) is 5.12. The van der Waals surface area contributed by atoms with Crippen molar-refractivity contribution in [2.75, 3.05) is 65.7 Å². The fourth-order valence-electron chi connectivity index (χ4n) is 3.49. The summed E-state index contributed by atoms with van der Waals surface area (Å²) in [5.74, 6) is 1.93. The molecule has 25 heavy (non-hydrogen) atoms. The Hall–Kier alpha value is -0.120. The van der Waals surface area contributed by atoms with Crippen LogP contribution in [-0.4, -0.2) is 87.5 Å². The van der Waals surface area contributed by atoms with E-state index in [9.17, 15) is 0 Å². The van der Waals surface area contributed by atoms with Crippen LogP contribution in [-0.2, 0) is 9.47 Å². The van der Waals surface area contributed by atoms with E-state index < -0.39 is 0 Å². The molecular weight excluding hydrogens is 431 g/mol. The largest absolute Gasteiger partial charge is 0.381 e. The predicted molar refractivity (Wildman–Crippen MR) is 112 cm³/mol. The van der Waals surface area contributed by atoms with E-state index in [-0.39, 0.29) is 24.0 Å². The smallest absolute Gasteiger partial charge is 0.193 e. The number of nitrogens with one attached hydrogen (secondary N) is 1. The van der Waals surface area contributed by atoms with Gasteiger partial charge in [0.2, 0.25) is 0 Å². The predicted octanol–water partition coefficient (Wildman–Crippen LogP) is 1.79. The van der Waals surface area contributed by atoms with Crippen LogP contribution in [0.4, 0.5) is 0 Å². The highest BCUT2D eigenvalue weighted by Gasteiger charge is 2.30. The Morgan fingerprint density at radius 3 is 2.72 bits per heavy atom. The Morgan fingerprint density at radius 1 is 1.20 bits per heavy atom. The maximum absolute atomic E-state index is 5.70. The van der Waals surface area contributed by atoms with Gasteiger partial charge in [-0.15, -0.1) is 24.0 Å². The number of ether oxygens (including phenoxy) is 2. The van der Waals surface area contributed by atoms with Crippen molar-refractivity contribution in [3.05, 3.63) is 0 Å². The lowest BCUT2D eigenvalue weighted by Gasteiger charge is -2.32. The number of nitrogens with zero attached hydrogens (tertiary/aromatic N) is 3. The minimum atomic E-state index is 0. The van der Waals surface area contributed by atoms with E-state index in [1.54, 1.807) is 0 Å². The van der Waals surface area contributed by atoms with E-state index in [1.165, 1.54) is 19.3 Å². The molecule has 3 aliphatic rings. The highest BCUT2D eigenvalue weighted by molar-refractivity contribution is 14.0. The molecule has 2 saturated heterocycles. The van der Waals surface area contributed by atoms with Crippen molar-refractivity contribution in [3.63, 3.8) is 0 Å². The zero-order valence-electron chi connectivity index (χ0n) is 15.6. The topological polar surface area (TPSA) is 49.3 Å². The van der Waals surface area contributed by atoms with Crippen LogP contribution in [0.15, 0.2) is 4.99 Å². The highest BCUT2D eigenvalue weighted by Crippen LogP contribution is 2.28. The van der Waals surface area contributed by atoms with Gasteiger partial charge in [0.1, 0.15) is 0 Å². The summed E-state index contributed by atoms with van der Waals surface area (Å²) in [4.78, 5) is 9.82. The van der Waals surface area contributed by atoms with Crippen molar-refractivity contribution in [1.82, 2.24) is 15.1 Å². The summed E-state index contributed by atoms with van der Waals surface area (Å²) in [7, 11) is 0. The Bertz CT molecular complexity index is 401. The molecule has 2 heterocycles. The van der Waals surface area contributed by atoms with Gasteiger partial charge in [-0.25, -0.2) is 0 Å². The van der Waals surface area contributed by atoms with E-state index in [0.717, 1.165) is 84.0 Å². The van der Waals surface area contributed by atoms with Gasteiger partial charge in [-0.1, -0.05) is 0 Å². The van der Waals surface area contributed by atoms with E-state index in [0.29, 0.717) is 6.04 Å². The van der Waals surface area contributed by atoms with Crippen molar-refractivity contribution in [2.45, 2.75) is 38.6 Å². The molecule has 1 N–H and O–H groups in total. The molecule has 1 unspecified atom stereocenters. The molecule has 2 aliphatic heterocycles. The van der Waals surface area contributed by atoms with Crippen LogP contribution in [0, 0.1) is 5.92 Å². The molecule has 1 saturated carbocycles. The number of halogens is 1. The Kier molecular flexibility index (Phi) is 9.80. The van der Waals surface area contributed by atoms with Gasteiger partial charge in [0.25, 0.3) is 0 Å². The van der Waals surface area contributed by atoms with Crippen LogP contribution >= 0.6 is 24.0 Å². The highest BCUT2D eigenvalue weighted by atomic mass is 127. The molecule has 0 amide bonds. The first-order chi connectivity index (χ1) is 11.9. The van der Waals surface area contributed by atoms with Gasteiger partial charge in [-0.2, -0.15) is 0 Å². The van der Waals surface area contributed by atoms with Crippen LogP contribution in [0.25, 0.3) is 0 Å². The van der Waals surface area contributed by atoms with Crippen LogP contribution < -0.4 is 5.32 Å².